The molecule has 0 spiro atoms. The lowest BCUT2D eigenvalue weighted by Gasteiger charge is -2.14. The minimum absolute atomic E-state index is 0.0000578. The normalized spacial score (nSPS) is 12.6. The van der Waals surface area contributed by atoms with Crippen LogP contribution in [0.15, 0.2) is 79.1 Å². The van der Waals surface area contributed by atoms with Crippen LogP contribution in [0.1, 0.15) is 27.6 Å². The van der Waals surface area contributed by atoms with E-state index in [1.165, 1.54) is 23.0 Å². The molecule has 38 heavy (non-hydrogen) atoms. The van der Waals surface area contributed by atoms with Crippen LogP contribution in [0.4, 0.5) is 19.0 Å². The van der Waals surface area contributed by atoms with Gasteiger partial charge in [-0.1, -0.05) is 30.3 Å². The smallest absolute Gasteiger partial charge is 0.393 e. The van der Waals surface area contributed by atoms with Crippen molar-refractivity contribution in [1.29, 1.82) is 0 Å². The van der Waals surface area contributed by atoms with Crippen molar-refractivity contribution in [2.45, 2.75) is 12.3 Å². The van der Waals surface area contributed by atoms with Crippen LogP contribution in [0, 0.1) is 0 Å². The number of pyridine rings is 1. The Labute approximate surface area is 214 Å². The number of aromatic nitrogens is 4. The van der Waals surface area contributed by atoms with Gasteiger partial charge in [0.15, 0.2) is 0 Å². The van der Waals surface area contributed by atoms with E-state index in [-0.39, 0.29) is 16.8 Å². The molecule has 0 fully saturated rings. The van der Waals surface area contributed by atoms with Gasteiger partial charge >= 0.3 is 6.18 Å². The topological polar surface area (TPSA) is 105 Å². The van der Waals surface area contributed by atoms with Gasteiger partial charge in [-0.2, -0.15) is 18.3 Å². The van der Waals surface area contributed by atoms with Gasteiger partial charge < -0.3 is 15.5 Å². The Hall–Kier alpha value is -4.48. The van der Waals surface area contributed by atoms with Crippen molar-refractivity contribution in [3.8, 4) is 22.5 Å². The summed E-state index contributed by atoms with van der Waals surface area (Å²) in [5, 5.41) is 26.2. The van der Waals surface area contributed by atoms with Gasteiger partial charge in [0.2, 0.25) is 0 Å². The molecule has 0 saturated carbocycles. The summed E-state index contributed by atoms with van der Waals surface area (Å²) < 4.78 is 44.2. The van der Waals surface area contributed by atoms with Crippen molar-refractivity contribution in [1.82, 2.24) is 19.2 Å². The predicted molar refractivity (Wildman–Crippen MR) is 134 cm³/mol. The summed E-state index contributed by atoms with van der Waals surface area (Å²) >= 11 is 0. The molecule has 3 aromatic heterocycles. The highest BCUT2D eigenvalue weighted by molar-refractivity contribution is 6.06. The van der Waals surface area contributed by atoms with E-state index in [4.69, 9.17) is 0 Å². The van der Waals surface area contributed by atoms with Crippen molar-refractivity contribution in [2.24, 2.45) is 7.05 Å². The number of amides is 1. The third kappa shape index (κ3) is 4.76. The number of fused-ring (bicyclic) bond motifs is 1. The molecule has 11 heteroatoms. The van der Waals surface area contributed by atoms with Crippen molar-refractivity contribution in [2.75, 3.05) is 11.9 Å². The maximum absolute atomic E-state index is 13.7. The van der Waals surface area contributed by atoms with Crippen LogP contribution in [-0.2, 0) is 13.2 Å². The van der Waals surface area contributed by atoms with Crippen LogP contribution in [0.25, 0.3) is 28.2 Å². The Morgan fingerprint density at radius 1 is 1.05 bits per heavy atom. The van der Waals surface area contributed by atoms with Gasteiger partial charge in [0.1, 0.15) is 23.3 Å². The van der Waals surface area contributed by atoms with Crippen LogP contribution in [0.5, 0.6) is 0 Å². The zero-order valence-electron chi connectivity index (χ0n) is 20.0. The number of halogens is 3. The van der Waals surface area contributed by atoms with Crippen molar-refractivity contribution < 1.29 is 28.2 Å². The predicted octanol–water partition coefficient (Wildman–Crippen LogP) is 4.70. The summed E-state index contributed by atoms with van der Waals surface area (Å²) in [6.45, 7) is -0.474. The molecule has 0 radical (unpaired) electrons. The average molecular weight is 521 g/mol. The van der Waals surface area contributed by atoms with Gasteiger partial charge in [0, 0.05) is 36.1 Å². The fourth-order valence-electron chi connectivity index (χ4n) is 4.17. The Morgan fingerprint density at radius 2 is 1.82 bits per heavy atom. The van der Waals surface area contributed by atoms with E-state index in [9.17, 15) is 28.2 Å². The van der Waals surface area contributed by atoms with Gasteiger partial charge in [-0.3, -0.25) is 13.9 Å². The van der Waals surface area contributed by atoms with Crippen LogP contribution in [0.3, 0.4) is 0 Å². The average Bonchev–Trinajstić information content (AvgIpc) is 3.51. The molecule has 5 rings (SSSR count). The fourth-order valence-corrected chi connectivity index (χ4v) is 4.17. The molecule has 2 aromatic carbocycles. The van der Waals surface area contributed by atoms with Crippen LogP contribution in [-0.4, -0.2) is 41.9 Å². The number of hydrogen-bond donors (Lipinski definition) is 3. The van der Waals surface area contributed by atoms with Crippen molar-refractivity contribution >= 4 is 17.4 Å². The summed E-state index contributed by atoms with van der Waals surface area (Å²) in [5.74, 6) is -0.352. The zero-order valence-corrected chi connectivity index (χ0v) is 20.0. The summed E-state index contributed by atoms with van der Waals surface area (Å²) in [7, 11) is 1.59. The number of nitrogens with zero attached hydrogens (tertiary/aromatic N) is 4. The number of hydrogen-bond acceptors (Lipinski definition) is 5. The molecule has 0 bridgehead atoms. The third-order valence-electron chi connectivity index (χ3n) is 6.06. The second-order valence-electron chi connectivity index (χ2n) is 8.65. The molecule has 0 aliphatic rings. The summed E-state index contributed by atoms with van der Waals surface area (Å²) in [6.07, 6.45) is -2.63. The third-order valence-corrected chi connectivity index (χ3v) is 6.06. The quantitative estimate of drug-likeness (QED) is 0.301. The molecule has 3 heterocycles. The number of carbonyl (C=O) groups excluding carboxylic acids is 1. The van der Waals surface area contributed by atoms with Crippen molar-refractivity contribution in [3.05, 3.63) is 95.8 Å². The maximum atomic E-state index is 13.7. The number of aliphatic hydroxyl groups is 2. The van der Waals surface area contributed by atoms with Gasteiger partial charge in [-0.05, 0) is 42.0 Å². The fraction of sp³-hybridized carbons (Fsp3) is 0.148. The maximum Gasteiger partial charge on any atom is 0.417 e. The minimum Gasteiger partial charge on any atom is -0.393 e. The molecule has 1 amide bonds. The largest absolute Gasteiger partial charge is 0.417 e. The van der Waals surface area contributed by atoms with E-state index in [2.05, 4.69) is 15.4 Å². The Morgan fingerprint density at radius 3 is 2.47 bits per heavy atom. The Kier molecular flexibility index (Phi) is 6.47. The Balaban J connectivity index is 1.59. The zero-order chi connectivity index (χ0) is 27.0. The highest BCUT2D eigenvalue weighted by Crippen LogP contribution is 2.37. The van der Waals surface area contributed by atoms with Gasteiger partial charge in [0.05, 0.1) is 17.9 Å². The molecule has 5 aromatic rings. The molecular weight excluding hydrogens is 499 g/mol. The molecule has 8 nitrogen and oxygen atoms in total. The first-order valence-corrected chi connectivity index (χ1v) is 11.5. The van der Waals surface area contributed by atoms with Gasteiger partial charge in [0.25, 0.3) is 5.91 Å². The number of imidazole rings is 1. The number of nitrogens with one attached hydrogen (secondary N) is 1. The SMILES string of the molecule is Cn1ccc(-c2cc(C(=O)Nc3c(-c4ccccc4)nc4cc([C@H](O)CO)ccn34)ccc2C(F)(F)F)n1. The van der Waals surface area contributed by atoms with E-state index in [1.807, 2.05) is 6.07 Å². The van der Waals surface area contributed by atoms with Crippen molar-refractivity contribution in [3.63, 3.8) is 0 Å². The van der Waals surface area contributed by atoms with E-state index in [0.29, 0.717) is 28.3 Å². The molecule has 0 saturated heterocycles. The lowest BCUT2D eigenvalue weighted by Crippen LogP contribution is -2.16. The first-order valence-electron chi connectivity index (χ1n) is 11.5. The number of aryl methyl sites for hydroxylation is 1. The number of benzene rings is 2. The highest BCUT2D eigenvalue weighted by Gasteiger charge is 2.34. The molecule has 3 N–H and O–H groups in total. The monoisotopic (exact) mass is 521 g/mol. The van der Waals surface area contributed by atoms with E-state index in [0.717, 1.165) is 12.1 Å². The number of anilines is 1. The molecule has 1 atom stereocenters. The summed E-state index contributed by atoms with van der Waals surface area (Å²) in [5.41, 5.74) is 0.918. The summed E-state index contributed by atoms with van der Waals surface area (Å²) in [4.78, 5) is 18.0. The van der Waals surface area contributed by atoms with Crippen LogP contribution < -0.4 is 5.32 Å². The first kappa shape index (κ1) is 25.2. The summed E-state index contributed by atoms with van der Waals surface area (Å²) in [6, 6.07) is 16.8. The van der Waals surface area contributed by atoms with Gasteiger partial charge in [-0.25, -0.2) is 4.98 Å². The lowest BCUT2D eigenvalue weighted by molar-refractivity contribution is -0.137. The standard InChI is InChI=1S/C27H22F3N5O3/c1-34-11-10-21(33-34)19-13-18(7-8-20(19)27(28,29)30)26(38)32-25-24(16-5-3-2-4-6-16)31-23-14-17(22(37)15-36)9-12-35(23)25/h2-14,22,36-37H,15H2,1H3,(H,32,38)/t22-/m1/s1. The molecule has 0 unspecified atom stereocenters. The Bertz CT molecular complexity index is 1630. The number of carbonyl (C=O) groups is 1. The van der Waals surface area contributed by atoms with E-state index >= 15 is 0 Å². The van der Waals surface area contributed by atoms with Crippen LogP contribution >= 0.6 is 0 Å². The molecule has 0 aliphatic carbocycles. The first-order chi connectivity index (χ1) is 18.2. The van der Waals surface area contributed by atoms with E-state index < -0.39 is 30.4 Å². The lowest BCUT2D eigenvalue weighted by atomic mass is 10.0. The number of alkyl halides is 3. The highest BCUT2D eigenvalue weighted by atomic mass is 19.4. The minimum atomic E-state index is -4.64. The number of rotatable bonds is 6. The molecular formula is C27H22F3N5O3. The second kappa shape index (κ2) is 9.77. The molecule has 194 valence electrons. The second-order valence-corrected chi connectivity index (χ2v) is 8.65. The number of aliphatic hydroxyl groups excluding tert-OH is 2. The molecule has 0 aliphatic heterocycles. The van der Waals surface area contributed by atoms with Gasteiger partial charge in [-0.15, -0.1) is 0 Å². The van der Waals surface area contributed by atoms with E-state index in [1.54, 1.807) is 54.0 Å². The van der Waals surface area contributed by atoms with Crippen LogP contribution in [0.2, 0.25) is 0 Å².